The van der Waals surface area contributed by atoms with Crippen LogP contribution in [0, 0.1) is 0 Å². The van der Waals surface area contributed by atoms with Gasteiger partial charge < -0.3 is 15.0 Å². The lowest BCUT2D eigenvalue weighted by Gasteiger charge is -2.24. The molecule has 2 N–H and O–H groups in total. The van der Waals surface area contributed by atoms with Crippen molar-refractivity contribution < 1.29 is 4.74 Å². The van der Waals surface area contributed by atoms with Gasteiger partial charge in [0.1, 0.15) is 11.6 Å². The lowest BCUT2D eigenvalue weighted by atomic mass is 9.90. The molecule has 0 aliphatic rings. The molecule has 0 aliphatic heterocycles. The van der Waals surface area contributed by atoms with Crippen LogP contribution in [-0.2, 0) is 19.9 Å². The summed E-state index contributed by atoms with van der Waals surface area (Å²) in [4.78, 5) is 4.33. The molecule has 0 radical (unpaired) electrons. The highest BCUT2D eigenvalue weighted by Gasteiger charge is 2.21. The number of nitrogens with zero attached hydrogens (tertiary/aromatic N) is 2. The second kappa shape index (κ2) is 5.45. The second-order valence-electron chi connectivity index (χ2n) is 5.31. The first-order chi connectivity index (χ1) is 9.00. The maximum Gasteiger partial charge on any atom is 0.118 e. The molecule has 102 valence electrons. The van der Waals surface area contributed by atoms with Crippen LogP contribution in [0.15, 0.2) is 36.7 Å². The molecule has 4 nitrogen and oxygen atoms in total. The van der Waals surface area contributed by atoms with Crippen LogP contribution in [0.3, 0.4) is 0 Å². The Hall–Kier alpha value is -1.81. The summed E-state index contributed by atoms with van der Waals surface area (Å²) in [5.74, 6) is 1.88. The van der Waals surface area contributed by atoms with Gasteiger partial charge in [-0.15, -0.1) is 0 Å². The zero-order valence-corrected chi connectivity index (χ0v) is 11.8. The minimum Gasteiger partial charge on any atom is -0.497 e. The van der Waals surface area contributed by atoms with Gasteiger partial charge in [0, 0.05) is 31.4 Å². The Bertz CT molecular complexity index is 529. The van der Waals surface area contributed by atoms with Crippen LogP contribution < -0.4 is 10.5 Å². The number of hydrogen-bond donors (Lipinski definition) is 1. The summed E-state index contributed by atoms with van der Waals surface area (Å²) in [5.41, 5.74) is 7.29. The van der Waals surface area contributed by atoms with Crippen LogP contribution in [0.5, 0.6) is 5.75 Å². The summed E-state index contributed by atoms with van der Waals surface area (Å²) in [6, 6.07) is 8.04. The van der Waals surface area contributed by atoms with E-state index < -0.39 is 0 Å². The number of aromatic nitrogens is 2. The minimum atomic E-state index is -0.312. The molecule has 1 aromatic heterocycles. The fourth-order valence-electron chi connectivity index (χ4n) is 2.20. The average molecular weight is 259 g/mol. The Morgan fingerprint density at radius 2 is 1.95 bits per heavy atom. The quantitative estimate of drug-likeness (QED) is 0.892. The monoisotopic (exact) mass is 259 g/mol. The molecule has 0 bridgehead atoms. The smallest absolute Gasteiger partial charge is 0.118 e. The zero-order valence-electron chi connectivity index (χ0n) is 11.8. The van der Waals surface area contributed by atoms with E-state index in [0.29, 0.717) is 0 Å². The van der Waals surface area contributed by atoms with Gasteiger partial charge in [0.2, 0.25) is 0 Å². The Kier molecular flexibility index (Phi) is 3.90. The molecule has 0 aliphatic carbocycles. The van der Waals surface area contributed by atoms with Crippen molar-refractivity contribution in [2.45, 2.75) is 25.3 Å². The number of methoxy groups -OCH3 is 1. The van der Waals surface area contributed by atoms with E-state index >= 15 is 0 Å². The van der Waals surface area contributed by atoms with Gasteiger partial charge in [-0.3, -0.25) is 0 Å². The number of hydrogen-bond acceptors (Lipinski definition) is 3. The van der Waals surface area contributed by atoms with Crippen molar-refractivity contribution >= 4 is 0 Å². The summed E-state index contributed by atoms with van der Waals surface area (Å²) in [5, 5.41) is 0. The molecular formula is C15H21N3O. The lowest BCUT2D eigenvalue weighted by Crippen LogP contribution is -2.41. The zero-order chi connectivity index (χ0) is 13.9. The number of imidazole rings is 1. The summed E-state index contributed by atoms with van der Waals surface area (Å²) in [6.45, 7) is 2.06. The normalized spacial score (nSPS) is 14.1. The first-order valence-corrected chi connectivity index (χ1v) is 6.38. The number of ether oxygens (including phenoxy) is 1. The fraction of sp³-hybridized carbons (Fsp3) is 0.400. The maximum atomic E-state index is 6.39. The SMILES string of the molecule is COc1ccc(CC(C)(N)Cc2nccn2C)cc1. The highest BCUT2D eigenvalue weighted by atomic mass is 16.5. The van der Waals surface area contributed by atoms with E-state index in [0.717, 1.165) is 24.4 Å². The van der Waals surface area contributed by atoms with Gasteiger partial charge in [0.05, 0.1) is 7.11 Å². The lowest BCUT2D eigenvalue weighted by molar-refractivity contribution is 0.413. The van der Waals surface area contributed by atoms with Crippen LogP contribution in [0.2, 0.25) is 0 Å². The van der Waals surface area contributed by atoms with Gasteiger partial charge >= 0.3 is 0 Å². The Morgan fingerprint density at radius 3 is 2.47 bits per heavy atom. The van der Waals surface area contributed by atoms with Gasteiger partial charge in [-0.2, -0.15) is 0 Å². The molecule has 0 spiro atoms. The predicted octanol–water partition coefficient (Wildman–Crippen LogP) is 1.93. The third kappa shape index (κ3) is 3.58. The molecule has 2 rings (SSSR count). The van der Waals surface area contributed by atoms with Crippen LogP contribution in [0.1, 0.15) is 18.3 Å². The molecular weight excluding hydrogens is 238 g/mol. The highest BCUT2D eigenvalue weighted by molar-refractivity contribution is 5.28. The Morgan fingerprint density at radius 1 is 1.26 bits per heavy atom. The molecule has 1 unspecified atom stereocenters. The van der Waals surface area contributed by atoms with Gasteiger partial charge in [0.15, 0.2) is 0 Å². The largest absolute Gasteiger partial charge is 0.497 e. The molecule has 1 aromatic carbocycles. The molecule has 0 saturated carbocycles. The Labute approximate surface area is 114 Å². The van der Waals surface area contributed by atoms with E-state index in [-0.39, 0.29) is 5.54 Å². The van der Waals surface area contributed by atoms with Crippen molar-refractivity contribution in [1.29, 1.82) is 0 Å². The van der Waals surface area contributed by atoms with Crippen LogP contribution in [0.4, 0.5) is 0 Å². The molecule has 0 amide bonds. The number of aryl methyl sites for hydroxylation is 1. The van der Waals surface area contributed by atoms with E-state index in [4.69, 9.17) is 10.5 Å². The molecule has 1 atom stereocenters. The standard InChI is InChI=1S/C15H21N3O/c1-15(16,11-14-17-8-9-18(14)2)10-12-4-6-13(19-3)7-5-12/h4-9H,10-11,16H2,1-3H3. The average Bonchev–Trinajstić information content (AvgIpc) is 2.75. The third-order valence-electron chi connectivity index (χ3n) is 3.25. The van der Waals surface area contributed by atoms with Crippen LogP contribution in [-0.4, -0.2) is 22.2 Å². The van der Waals surface area contributed by atoms with E-state index in [2.05, 4.69) is 24.0 Å². The van der Waals surface area contributed by atoms with E-state index in [9.17, 15) is 0 Å². The van der Waals surface area contributed by atoms with Crippen LogP contribution in [0.25, 0.3) is 0 Å². The first kappa shape index (κ1) is 13.6. The van der Waals surface area contributed by atoms with Gasteiger partial charge in [-0.05, 0) is 31.0 Å². The molecule has 1 heterocycles. The van der Waals surface area contributed by atoms with Crippen molar-refractivity contribution in [3.05, 3.63) is 48.0 Å². The fourth-order valence-corrected chi connectivity index (χ4v) is 2.20. The first-order valence-electron chi connectivity index (χ1n) is 6.38. The van der Waals surface area contributed by atoms with Crippen LogP contribution >= 0.6 is 0 Å². The number of nitrogens with two attached hydrogens (primary N) is 1. The number of rotatable bonds is 5. The van der Waals surface area contributed by atoms with Crippen molar-refractivity contribution in [2.24, 2.45) is 12.8 Å². The molecule has 19 heavy (non-hydrogen) atoms. The summed E-state index contributed by atoms with van der Waals surface area (Å²) in [6.07, 6.45) is 5.31. The van der Waals surface area contributed by atoms with E-state index in [1.807, 2.05) is 29.9 Å². The Balaban J connectivity index is 2.05. The second-order valence-corrected chi connectivity index (χ2v) is 5.31. The maximum absolute atomic E-state index is 6.39. The molecule has 0 fully saturated rings. The molecule has 2 aromatic rings. The van der Waals surface area contributed by atoms with Gasteiger partial charge in [-0.1, -0.05) is 12.1 Å². The van der Waals surface area contributed by atoms with Gasteiger partial charge in [-0.25, -0.2) is 4.98 Å². The van der Waals surface area contributed by atoms with Crippen molar-refractivity contribution in [3.8, 4) is 5.75 Å². The van der Waals surface area contributed by atoms with Crippen molar-refractivity contribution in [3.63, 3.8) is 0 Å². The molecule has 4 heteroatoms. The van der Waals surface area contributed by atoms with Crippen molar-refractivity contribution in [2.75, 3.05) is 7.11 Å². The predicted molar refractivity (Wildman–Crippen MR) is 76.2 cm³/mol. The molecule has 0 saturated heterocycles. The van der Waals surface area contributed by atoms with E-state index in [1.165, 1.54) is 5.56 Å². The summed E-state index contributed by atoms with van der Waals surface area (Å²) >= 11 is 0. The summed E-state index contributed by atoms with van der Waals surface area (Å²) < 4.78 is 7.17. The highest BCUT2D eigenvalue weighted by Crippen LogP contribution is 2.18. The summed E-state index contributed by atoms with van der Waals surface area (Å²) in [7, 11) is 3.66. The number of benzene rings is 1. The minimum absolute atomic E-state index is 0.312. The third-order valence-corrected chi connectivity index (χ3v) is 3.25. The van der Waals surface area contributed by atoms with Gasteiger partial charge in [0.25, 0.3) is 0 Å². The van der Waals surface area contributed by atoms with E-state index in [1.54, 1.807) is 13.3 Å². The topological polar surface area (TPSA) is 53.1 Å². The van der Waals surface area contributed by atoms with Crippen molar-refractivity contribution in [1.82, 2.24) is 9.55 Å².